The zero-order valence-corrected chi connectivity index (χ0v) is 16.0. The first kappa shape index (κ1) is 18.8. The topological polar surface area (TPSA) is 107 Å². The van der Waals surface area contributed by atoms with Gasteiger partial charge in [-0.2, -0.15) is 0 Å². The number of sulfonamides is 1. The molecule has 0 saturated carbocycles. The third-order valence-electron chi connectivity index (χ3n) is 4.76. The van der Waals surface area contributed by atoms with Crippen molar-refractivity contribution in [2.24, 2.45) is 5.92 Å². The number of nitrogens with zero attached hydrogens (tertiary/aromatic N) is 3. The van der Waals surface area contributed by atoms with Crippen LogP contribution in [0.25, 0.3) is 11.0 Å². The smallest absolute Gasteiger partial charge is 0.227 e. The number of fused-ring (bicyclic) bond motifs is 1. The number of aliphatic hydroxyl groups is 1. The SMILES string of the molecule is Cc1nc2ccc(CC(=O)N3C[C@@H](CS(=O)(=O)N(C)C)[C@@H](O)C3)cc2[nH]1. The highest BCUT2D eigenvalue weighted by molar-refractivity contribution is 7.89. The van der Waals surface area contributed by atoms with Crippen LogP contribution in [0, 0.1) is 12.8 Å². The molecular formula is C17H24N4O4S. The van der Waals surface area contributed by atoms with Crippen LogP contribution in [0.3, 0.4) is 0 Å². The molecule has 0 unspecified atom stereocenters. The van der Waals surface area contributed by atoms with Gasteiger partial charge in [-0.25, -0.2) is 17.7 Å². The Kier molecular flexibility index (Phi) is 5.05. The minimum atomic E-state index is -3.42. The van der Waals surface area contributed by atoms with Crippen molar-refractivity contribution < 1.29 is 18.3 Å². The molecule has 1 fully saturated rings. The summed E-state index contributed by atoms with van der Waals surface area (Å²) in [4.78, 5) is 21.6. The van der Waals surface area contributed by atoms with Gasteiger partial charge in [-0.05, 0) is 24.6 Å². The van der Waals surface area contributed by atoms with E-state index in [1.165, 1.54) is 14.1 Å². The lowest BCUT2D eigenvalue weighted by Crippen LogP contribution is -2.34. The molecule has 0 aliphatic carbocycles. The summed E-state index contributed by atoms with van der Waals surface area (Å²) >= 11 is 0. The molecule has 8 nitrogen and oxygen atoms in total. The summed E-state index contributed by atoms with van der Waals surface area (Å²) in [5.74, 6) is 0.0641. The van der Waals surface area contributed by atoms with Crippen molar-refractivity contribution in [1.82, 2.24) is 19.2 Å². The molecule has 0 radical (unpaired) electrons. The van der Waals surface area contributed by atoms with Crippen molar-refractivity contribution in [3.05, 3.63) is 29.6 Å². The second-order valence-electron chi connectivity index (χ2n) is 7.04. The van der Waals surface area contributed by atoms with Crippen LogP contribution in [-0.2, 0) is 21.2 Å². The standard InChI is InChI=1S/C17H24N4O4S/c1-11-18-14-5-4-12(6-15(14)19-11)7-17(23)21-8-13(16(22)9-21)10-26(24,25)20(2)3/h4-6,13,16,22H,7-10H2,1-3H3,(H,18,19)/t13-,16-/m0/s1. The number of likely N-dealkylation sites (tertiary alicyclic amines) is 1. The predicted molar refractivity (Wildman–Crippen MR) is 98.1 cm³/mol. The lowest BCUT2D eigenvalue weighted by atomic mass is 10.1. The van der Waals surface area contributed by atoms with Crippen LogP contribution in [-0.4, -0.2) is 77.6 Å². The van der Waals surface area contributed by atoms with Crippen molar-refractivity contribution in [3.8, 4) is 0 Å². The normalized spacial score (nSPS) is 21.0. The number of H-pyrrole nitrogens is 1. The van der Waals surface area contributed by atoms with Gasteiger partial charge in [-0.1, -0.05) is 6.07 Å². The summed E-state index contributed by atoms with van der Waals surface area (Å²) in [6.45, 7) is 2.29. The largest absolute Gasteiger partial charge is 0.391 e. The molecule has 0 spiro atoms. The highest BCUT2D eigenvalue weighted by atomic mass is 32.2. The molecule has 1 saturated heterocycles. The number of aromatic amines is 1. The van der Waals surface area contributed by atoms with Crippen LogP contribution >= 0.6 is 0 Å². The second-order valence-corrected chi connectivity index (χ2v) is 9.27. The van der Waals surface area contributed by atoms with Gasteiger partial charge in [0.15, 0.2) is 0 Å². The van der Waals surface area contributed by atoms with Gasteiger partial charge in [-0.3, -0.25) is 4.79 Å². The van der Waals surface area contributed by atoms with E-state index in [-0.39, 0.29) is 31.2 Å². The highest BCUT2D eigenvalue weighted by Gasteiger charge is 2.37. The summed E-state index contributed by atoms with van der Waals surface area (Å²) in [6.07, 6.45) is -0.625. The highest BCUT2D eigenvalue weighted by Crippen LogP contribution is 2.21. The monoisotopic (exact) mass is 380 g/mol. The van der Waals surface area contributed by atoms with Crippen LogP contribution in [0.15, 0.2) is 18.2 Å². The number of carbonyl (C=O) groups excluding carboxylic acids is 1. The third-order valence-corrected chi connectivity index (χ3v) is 6.72. The van der Waals surface area contributed by atoms with Crippen molar-refractivity contribution >= 4 is 27.0 Å². The summed E-state index contributed by atoms with van der Waals surface area (Å²) in [5, 5.41) is 10.2. The van der Waals surface area contributed by atoms with Crippen molar-refractivity contribution in [1.29, 1.82) is 0 Å². The zero-order valence-electron chi connectivity index (χ0n) is 15.1. The van der Waals surface area contributed by atoms with E-state index >= 15 is 0 Å². The molecule has 2 heterocycles. The molecule has 1 aromatic heterocycles. The van der Waals surface area contributed by atoms with Gasteiger partial charge >= 0.3 is 0 Å². The lowest BCUT2D eigenvalue weighted by Gasteiger charge is -2.18. The van der Waals surface area contributed by atoms with Crippen LogP contribution in [0.5, 0.6) is 0 Å². The maximum Gasteiger partial charge on any atom is 0.227 e. The van der Waals surface area contributed by atoms with Gasteiger partial charge in [0.25, 0.3) is 0 Å². The van der Waals surface area contributed by atoms with Crippen molar-refractivity contribution in [2.75, 3.05) is 32.9 Å². The van der Waals surface area contributed by atoms with Crippen LogP contribution in [0.1, 0.15) is 11.4 Å². The number of imidazole rings is 1. The Hall–Kier alpha value is -1.97. The van der Waals surface area contributed by atoms with Gasteiger partial charge in [-0.15, -0.1) is 0 Å². The van der Waals surface area contributed by atoms with E-state index in [9.17, 15) is 18.3 Å². The van der Waals surface area contributed by atoms with E-state index in [0.717, 1.165) is 26.7 Å². The first-order chi connectivity index (χ1) is 12.2. The van der Waals surface area contributed by atoms with Crippen molar-refractivity contribution in [2.45, 2.75) is 19.4 Å². The molecule has 2 aromatic rings. The Labute approximate surface area is 152 Å². The first-order valence-electron chi connectivity index (χ1n) is 8.47. The van der Waals surface area contributed by atoms with E-state index in [1.807, 2.05) is 25.1 Å². The Morgan fingerprint density at radius 2 is 2.12 bits per heavy atom. The Morgan fingerprint density at radius 1 is 1.38 bits per heavy atom. The Bertz CT molecular complexity index is 922. The number of carbonyl (C=O) groups is 1. The van der Waals surface area contributed by atoms with Gasteiger partial charge in [0.05, 0.1) is 29.3 Å². The van der Waals surface area contributed by atoms with Gasteiger partial charge in [0.1, 0.15) is 5.82 Å². The molecule has 9 heteroatoms. The molecule has 2 atom stereocenters. The Balaban J connectivity index is 1.66. The fourth-order valence-electron chi connectivity index (χ4n) is 3.22. The number of hydrogen-bond acceptors (Lipinski definition) is 5. The van der Waals surface area contributed by atoms with Gasteiger partial charge in [0, 0.05) is 33.1 Å². The fourth-order valence-corrected chi connectivity index (χ4v) is 4.39. The predicted octanol–water partition coefficient (Wildman–Crippen LogP) is 0.125. The first-order valence-corrected chi connectivity index (χ1v) is 10.1. The average Bonchev–Trinajstić information content (AvgIpc) is 3.08. The second kappa shape index (κ2) is 6.98. The number of aromatic nitrogens is 2. The minimum Gasteiger partial charge on any atom is -0.391 e. The number of aryl methyl sites for hydroxylation is 1. The number of nitrogens with one attached hydrogen (secondary N) is 1. The summed E-state index contributed by atoms with van der Waals surface area (Å²) in [5.41, 5.74) is 2.58. The summed E-state index contributed by atoms with van der Waals surface area (Å²) in [6, 6.07) is 5.63. The maximum absolute atomic E-state index is 12.6. The summed E-state index contributed by atoms with van der Waals surface area (Å²) in [7, 11) is -0.490. The average molecular weight is 380 g/mol. The number of β-amino-alcohol motifs (C(OH)–C–C–N with tert-alkyl or cyclic N) is 1. The van der Waals surface area contributed by atoms with E-state index in [4.69, 9.17) is 0 Å². The van der Waals surface area contributed by atoms with Gasteiger partial charge < -0.3 is 15.0 Å². The summed E-state index contributed by atoms with van der Waals surface area (Å²) < 4.78 is 25.2. The molecule has 2 N–H and O–H groups in total. The third kappa shape index (κ3) is 3.89. The molecule has 1 amide bonds. The van der Waals surface area contributed by atoms with E-state index in [2.05, 4.69) is 9.97 Å². The minimum absolute atomic E-state index is 0.121. The molecule has 1 aliphatic heterocycles. The maximum atomic E-state index is 12.6. The number of benzene rings is 1. The molecule has 1 aromatic carbocycles. The van der Waals surface area contributed by atoms with Crippen LogP contribution in [0.4, 0.5) is 0 Å². The quantitative estimate of drug-likeness (QED) is 0.767. The molecule has 142 valence electrons. The van der Waals surface area contributed by atoms with E-state index in [1.54, 1.807) is 4.90 Å². The molecule has 1 aliphatic rings. The van der Waals surface area contributed by atoms with Crippen LogP contribution in [0.2, 0.25) is 0 Å². The molecule has 26 heavy (non-hydrogen) atoms. The number of amides is 1. The fraction of sp³-hybridized carbons (Fsp3) is 0.529. The number of aliphatic hydroxyl groups excluding tert-OH is 1. The molecule has 3 rings (SSSR count). The molecule has 0 bridgehead atoms. The van der Waals surface area contributed by atoms with E-state index < -0.39 is 22.0 Å². The zero-order chi connectivity index (χ0) is 19.1. The van der Waals surface area contributed by atoms with Gasteiger partial charge in [0.2, 0.25) is 15.9 Å². The molecular weight excluding hydrogens is 356 g/mol. The van der Waals surface area contributed by atoms with Crippen molar-refractivity contribution in [3.63, 3.8) is 0 Å². The Morgan fingerprint density at radius 3 is 2.81 bits per heavy atom. The van der Waals surface area contributed by atoms with E-state index in [0.29, 0.717) is 0 Å². The lowest BCUT2D eigenvalue weighted by molar-refractivity contribution is -0.129. The van der Waals surface area contributed by atoms with Crippen LogP contribution < -0.4 is 0 Å². The number of hydrogen-bond donors (Lipinski definition) is 2. The number of rotatable bonds is 5.